The standard InChI is InChI=1S/C11H18N2O2/c1-8-4-5-10(14)9(13-8)6-12-7-11(2,3)15/h4-5,12,14-15H,6-7H2,1-3H3. The molecule has 0 aliphatic rings. The van der Waals surface area contributed by atoms with Crippen LogP contribution in [0.15, 0.2) is 12.1 Å². The number of aromatic nitrogens is 1. The van der Waals surface area contributed by atoms with Gasteiger partial charge >= 0.3 is 0 Å². The molecule has 0 atom stereocenters. The van der Waals surface area contributed by atoms with E-state index in [0.717, 1.165) is 5.69 Å². The van der Waals surface area contributed by atoms with Crippen LogP contribution in [-0.2, 0) is 6.54 Å². The van der Waals surface area contributed by atoms with Crippen LogP contribution in [0.2, 0.25) is 0 Å². The van der Waals surface area contributed by atoms with Crippen molar-refractivity contribution in [2.24, 2.45) is 0 Å². The minimum Gasteiger partial charge on any atom is -0.506 e. The Balaban J connectivity index is 2.54. The van der Waals surface area contributed by atoms with Crippen LogP contribution in [0, 0.1) is 6.92 Å². The molecule has 4 heteroatoms. The second-order valence-corrected chi connectivity index (χ2v) is 4.33. The van der Waals surface area contributed by atoms with Crippen LogP contribution < -0.4 is 5.32 Å². The second kappa shape index (κ2) is 4.59. The van der Waals surface area contributed by atoms with Crippen molar-refractivity contribution in [3.05, 3.63) is 23.5 Å². The van der Waals surface area contributed by atoms with Crippen molar-refractivity contribution in [1.29, 1.82) is 0 Å². The molecule has 1 rings (SSSR count). The monoisotopic (exact) mass is 210 g/mol. The third kappa shape index (κ3) is 4.27. The molecule has 0 amide bonds. The van der Waals surface area contributed by atoms with Crippen molar-refractivity contribution < 1.29 is 10.2 Å². The minimum atomic E-state index is -0.751. The number of nitrogens with one attached hydrogen (secondary N) is 1. The second-order valence-electron chi connectivity index (χ2n) is 4.33. The molecule has 0 bridgehead atoms. The molecule has 4 nitrogen and oxygen atoms in total. The largest absolute Gasteiger partial charge is 0.506 e. The molecule has 0 unspecified atom stereocenters. The maximum Gasteiger partial charge on any atom is 0.138 e. The number of pyridine rings is 1. The normalized spacial score (nSPS) is 11.7. The topological polar surface area (TPSA) is 65.4 Å². The van der Waals surface area contributed by atoms with Gasteiger partial charge in [0.1, 0.15) is 5.75 Å². The highest BCUT2D eigenvalue weighted by Gasteiger charge is 2.12. The van der Waals surface area contributed by atoms with Crippen molar-refractivity contribution >= 4 is 0 Å². The zero-order valence-electron chi connectivity index (χ0n) is 9.41. The molecule has 15 heavy (non-hydrogen) atoms. The van der Waals surface area contributed by atoms with Crippen LogP contribution in [0.25, 0.3) is 0 Å². The number of aryl methyl sites for hydroxylation is 1. The summed E-state index contributed by atoms with van der Waals surface area (Å²) in [6, 6.07) is 3.39. The van der Waals surface area contributed by atoms with Crippen LogP contribution in [0.4, 0.5) is 0 Å². The maximum atomic E-state index is 9.50. The van der Waals surface area contributed by atoms with Crippen LogP contribution in [0.5, 0.6) is 5.75 Å². The fourth-order valence-corrected chi connectivity index (χ4v) is 1.22. The molecular formula is C11H18N2O2. The highest BCUT2D eigenvalue weighted by Crippen LogP contribution is 2.14. The van der Waals surface area contributed by atoms with E-state index < -0.39 is 5.60 Å². The Morgan fingerprint density at radius 3 is 2.67 bits per heavy atom. The minimum absolute atomic E-state index is 0.184. The third-order valence-electron chi connectivity index (χ3n) is 1.94. The van der Waals surface area contributed by atoms with Gasteiger partial charge in [0.2, 0.25) is 0 Å². The van der Waals surface area contributed by atoms with E-state index in [9.17, 15) is 10.2 Å². The average Bonchev–Trinajstić information content (AvgIpc) is 2.09. The van der Waals surface area contributed by atoms with Crippen LogP contribution in [0.3, 0.4) is 0 Å². The Labute approximate surface area is 90.0 Å². The first kappa shape index (κ1) is 11.9. The lowest BCUT2D eigenvalue weighted by molar-refractivity contribution is 0.0793. The Morgan fingerprint density at radius 1 is 1.40 bits per heavy atom. The van der Waals surface area contributed by atoms with Crippen LogP contribution in [-0.4, -0.2) is 27.3 Å². The first-order valence-electron chi connectivity index (χ1n) is 4.97. The van der Waals surface area contributed by atoms with E-state index in [1.807, 2.05) is 6.92 Å². The number of hydrogen-bond donors (Lipinski definition) is 3. The Bertz CT molecular complexity index is 332. The zero-order valence-corrected chi connectivity index (χ0v) is 9.41. The summed E-state index contributed by atoms with van der Waals surface area (Å²) in [5.41, 5.74) is 0.728. The molecule has 0 saturated heterocycles. The van der Waals surface area contributed by atoms with Gasteiger partial charge in [-0.3, -0.25) is 4.98 Å². The molecule has 3 N–H and O–H groups in total. The predicted molar refractivity (Wildman–Crippen MR) is 58.6 cm³/mol. The third-order valence-corrected chi connectivity index (χ3v) is 1.94. The predicted octanol–water partition coefficient (Wildman–Crippen LogP) is 0.956. The van der Waals surface area contributed by atoms with Gasteiger partial charge in [-0.15, -0.1) is 0 Å². The molecule has 0 aliphatic carbocycles. The van der Waals surface area contributed by atoms with E-state index in [0.29, 0.717) is 18.8 Å². The van der Waals surface area contributed by atoms with Gasteiger partial charge in [-0.2, -0.15) is 0 Å². The molecule has 0 radical (unpaired) electrons. The van der Waals surface area contributed by atoms with Crippen molar-refractivity contribution in [2.45, 2.75) is 32.9 Å². The summed E-state index contributed by atoms with van der Waals surface area (Å²) in [4.78, 5) is 4.20. The van der Waals surface area contributed by atoms with E-state index >= 15 is 0 Å². The molecule has 1 aromatic heterocycles. The van der Waals surface area contributed by atoms with Gasteiger partial charge in [0.25, 0.3) is 0 Å². The van der Waals surface area contributed by atoms with Crippen molar-refractivity contribution in [1.82, 2.24) is 10.3 Å². The summed E-state index contributed by atoms with van der Waals surface area (Å²) < 4.78 is 0. The van der Waals surface area contributed by atoms with Crippen molar-refractivity contribution in [2.75, 3.05) is 6.54 Å². The Kier molecular flexibility index (Phi) is 3.66. The number of rotatable bonds is 4. The molecule has 0 spiro atoms. The first-order chi connectivity index (χ1) is 6.88. The van der Waals surface area contributed by atoms with Crippen LogP contribution in [0.1, 0.15) is 25.2 Å². The molecule has 0 aromatic carbocycles. The van der Waals surface area contributed by atoms with Crippen molar-refractivity contribution in [3.8, 4) is 5.75 Å². The van der Waals surface area contributed by atoms with Crippen LogP contribution >= 0.6 is 0 Å². The average molecular weight is 210 g/mol. The summed E-state index contributed by atoms with van der Waals surface area (Å²) in [7, 11) is 0. The summed E-state index contributed by atoms with van der Waals surface area (Å²) >= 11 is 0. The molecule has 0 aliphatic heterocycles. The van der Waals surface area contributed by atoms with Gasteiger partial charge in [-0.1, -0.05) is 0 Å². The fourth-order valence-electron chi connectivity index (χ4n) is 1.22. The number of aromatic hydroxyl groups is 1. The van der Waals surface area contributed by atoms with Gasteiger partial charge in [-0.25, -0.2) is 0 Å². The smallest absolute Gasteiger partial charge is 0.138 e. The highest BCUT2D eigenvalue weighted by atomic mass is 16.3. The summed E-state index contributed by atoms with van der Waals surface area (Å²) in [6.07, 6.45) is 0. The van der Waals surface area contributed by atoms with E-state index in [4.69, 9.17) is 0 Å². The van der Waals surface area contributed by atoms with Crippen molar-refractivity contribution in [3.63, 3.8) is 0 Å². The lowest BCUT2D eigenvalue weighted by atomic mass is 10.1. The Hall–Kier alpha value is -1.13. The summed E-state index contributed by atoms with van der Waals surface area (Å²) in [5, 5.41) is 22.0. The SMILES string of the molecule is Cc1ccc(O)c(CNCC(C)(C)O)n1. The number of hydrogen-bond acceptors (Lipinski definition) is 4. The first-order valence-corrected chi connectivity index (χ1v) is 4.97. The number of nitrogens with zero attached hydrogens (tertiary/aromatic N) is 1. The van der Waals surface area contributed by atoms with E-state index in [1.165, 1.54) is 0 Å². The van der Waals surface area contributed by atoms with Gasteiger partial charge < -0.3 is 15.5 Å². The van der Waals surface area contributed by atoms with E-state index in [-0.39, 0.29) is 5.75 Å². The van der Waals surface area contributed by atoms with Gasteiger partial charge in [0, 0.05) is 18.8 Å². The maximum absolute atomic E-state index is 9.50. The molecule has 1 aromatic rings. The molecule has 1 heterocycles. The summed E-state index contributed by atoms with van der Waals surface area (Å²) in [5.74, 6) is 0.184. The highest BCUT2D eigenvalue weighted by molar-refractivity contribution is 5.27. The quantitative estimate of drug-likeness (QED) is 0.692. The molecule has 0 saturated carbocycles. The van der Waals surface area contributed by atoms with Gasteiger partial charge in [0.15, 0.2) is 0 Å². The lowest BCUT2D eigenvalue weighted by Gasteiger charge is -2.17. The Morgan fingerprint density at radius 2 is 2.07 bits per heavy atom. The van der Waals surface area contributed by atoms with Gasteiger partial charge in [0.05, 0.1) is 11.3 Å². The molecule has 84 valence electrons. The van der Waals surface area contributed by atoms with E-state index in [2.05, 4.69) is 10.3 Å². The zero-order chi connectivity index (χ0) is 11.5. The summed E-state index contributed by atoms with van der Waals surface area (Å²) in [6.45, 7) is 6.24. The lowest BCUT2D eigenvalue weighted by Crippen LogP contribution is -2.34. The molecular weight excluding hydrogens is 192 g/mol. The van der Waals surface area contributed by atoms with E-state index in [1.54, 1.807) is 26.0 Å². The fraction of sp³-hybridized carbons (Fsp3) is 0.545. The number of aliphatic hydroxyl groups is 1. The molecule has 0 fully saturated rings. The van der Waals surface area contributed by atoms with Gasteiger partial charge in [-0.05, 0) is 32.9 Å².